The maximum atomic E-state index is 13.0. The Bertz CT molecular complexity index is 1210. The molecule has 1 atom stereocenters. The number of hydrogen-bond donors (Lipinski definition) is 0. The third-order valence-corrected chi connectivity index (χ3v) is 6.00. The number of halogens is 1. The number of likely N-dealkylation sites (tertiary alicyclic amines) is 1. The van der Waals surface area contributed by atoms with Gasteiger partial charge in [-0.05, 0) is 40.5 Å². The zero-order valence-corrected chi connectivity index (χ0v) is 17.2. The molecule has 0 spiro atoms. The summed E-state index contributed by atoms with van der Waals surface area (Å²) >= 11 is 6.12. The van der Waals surface area contributed by atoms with Crippen LogP contribution in [0.1, 0.15) is 34.0 Å². The molecule has 3 aromatic carbocycles. The Morgan fingerprint density at radius 2 is 1.90 bits per heavy atom. The summed E-state index contributed by atoms with van der Waals surface area (Å²) in [6.07, 6.45) is 2.67. The number of amides is 1. The highest BCUT2D eigenvalue weighted by atomic mass is 35.5. The Balaban J connectivity index is 1.30. The van der Waals surface area contributed by atoms with Gasteiger partial charge in [0.25, 0.3) is 5.91 Å². The monoisotopic (exact) mass is 416 g/mol. The molecule has 1 amide bonds. The maximum Gasteiger partial charge on any atom is 0.276 e. The molecule has 1 aliphatic rings. The molecule has 0 aliphatic carbocycles. The van der Waals surface area contributed by atoms with E-state index in [1.807, 2.05) is 41.3 Å². The van der Waals surface area contributed by atoms with E-state index < -0.39 is 0 Å². The molecule has 0 radical (unpaired) electrons. The van der Waals surface area contributed by atoms with E-state index in [1.54, 1.807) is 10.9 Å². The van der Waals surface area contributed by atoms with Crippen LogP contribution in [-0.4, -0.2) is 38.9 Å². The van der Waals surface area contributed by atoms with Gasteiger partial charge in [0.05, 0.1) is 12.7 Å². The van der Waals surface area contributed by atoms with Gasteiger partial charge in [-0.3, -0.25) is 4.79 Å². The summed E-state index contributed by atoms with van der Waals surface area (Å²) in [4.78, 5) is 14.8. The molecule has 4 aromatic rings. The van der Waals surface area contributed by atoms with Gasteiger partial charge in [-0.25, -0.2) is 4.68 Å². The molecule has 1 aromatic heterocycles. The molecule has 30 heavy (non-hydrogen) atoms. The zero-order chi connectivity index (χ0) is 20.5. The second-order valence-corrected chi connectivity index (χ2v) is 8.17. The SMILES string of the molecule is O=C(c1cn(Cc2cccc3ccccc23)nn1)N1CCC(c2cccc(Cl)c2)C1. The average molecular weight is 417 g/mol. The lowest BCUT2D eigenvalue weighted by atomic mass is 9.99. The van der Waals surface area contributed by atoms with Crippen LogP contribution in [0.4, 0.5) is 0 Å². The van der Waals surface area contributed by atoms with Crippen molar-refractivity contribution in [3.63, 3.8) is 0 Å². The van der Waals surface area contributed by atoms with E-state index in [2.05, 4.69) is 40.6 Å². The van der Waals surface area contributed by atoms with Crippen molar-refractivity contribution in [2.24, 2.45) is 0 Å². The fourth-order valence-electron chi connectivity index (χ4n) is 4.22. The van der Waals surface area contributed by atoms with Crippen molar-refractivity contribution in [2.75, 3.05) is 13.1 Å². The minimum atomic E-state index is -0.0660. The summed E-state index contributed by atoms with van der Waals surface area (Å²) in [5, 5.41) is 11.5. The van der Waals surface area contributed by atoms with E-state index in [4.69, 9.17) is 11.6 Å². The molecular weight excluding hydrogens is 396 g/mol. The molecule has 5 nitrogen and oxygen atoms in total. The van der Waals surface area contributed by atoms with Crippen molar-refractivity contribution in [3.05, 3.63) is 94.8 Å². The third kappa shape index (κ3) is 3.68. The number of benzene rings is 3. The Kier molecular flexibility index (Phi) is 4.97. The van der Waals surface area contributed by atoms with Crippen LogP contribution < -0.4 is 0 Å². The number of aromatic nitrogens is 3. The van der Waals surface area contributed by atoms with E-state index in [0.29, 0.717) is 31.2 Å². The van der Waals surface area contributed by atoms with Crippen molar-refractivity contribution < 1.29 is 4.79 Å². The molecule has 1 fully saturated rings. The summed E-state index contributed by atoms with van der Waals surface area (Å²) in [5.74, 6) is 0.238. The fourth-order valence-corrected chi connectivity index (χ4v) is 4.42. The third-order valence-electron chi connectivity index (χ3n) is 5.77. The minimum absolute atomic E-state index is 0.0660. The number of fused-ring (bicyclic) bond motifs is 1. The highest BCUT2D eigenvalue weighted by Gasteiger charge is 2.29. The molecule has 5 rings (SSSR count). The Morgan fingerprint density at radius 3 is 2.80 bits per heavy atom. The van der Waals surface area contributed by atoms with E-state index in [9.17, 15) is 4.79 Å². The Morgan fingerprint density at radius 1 is 1.07 bits per heavy atom. The fraction of sp³-hybridized carbons (Fsp3) is 0.208. The van der Waals surface area contributed by atoms with Gasteiger partial charge in [-0.1, -0.05) is 71.4 Å². The minimum Gasteiger partial charge on any atom is -0.337 e. The van der Waals surface area contributed by atoms with Gasteiger partial charge in [0, 0.05) is 24.0 Å². The van der Waals surface area contributed by atoms with Crippen LogP contribution in [0, 0.1) is 0 Å². The smallest absolute Gasteiger partial charge is 0.276 e. The van der Waals surface area contributed by atoms with Crippen molar-refractivity contribution in [1.82, 2.24) is 19.9 Å². The molecule has 1 unspecified atom stereocenters. The summed E-state index contributed by atoms with van der Waals surface area (Å²) < 4.78 is 1.74. The summed E-state index contributed by atoms with van der Waals surface area (Å²) in [6, 6.07) is 22.4. The van der Waals surface area contributed by atoms with E-state index in [0.717, 1.165) is 17.0 Å². The van der Waals surface area contributed by atoms with Crippen molar-refractivity contribution in [2.45, 2.75) is 18.9 Å². The van der Waals surface area contributed by atoms with Crippen LogP contribution in [0.5, 0.6) is 0 Å². The van der Waals surface area contributed by atoms with Crippen LogP contribution >= 0.6 is 11.6 Å². The van der Waals surface area contributed by atoms with Gasteiger partial charge in [-0.2, -0.15) is 0 Å². The molecule has 1 aliphatic heterocycles. The predicted octanol–water partition coefficient (Wildman–Crippen LogP) is 4.76. The maximum absolute atomic E-state index is 13.0. The molecule has 150 valence electrons. The molecule has 2 heterocycles. The number of carbonyl (C=O) groups is 1. The first-order chi connectivity index (χ1) is 14.7. The van der Waals surface area contributed by atoms with Crippen molar-refractivity contribution in [1.29, 1.82) is 0 Å². The van der Waals surface area contributed by atoms with Gasteiger partial charge < -0.3 is 4.90 Å². The largest absolute Gasteiger partial charge is 0.337 e. The Labute approximate surface area is 179 Å². The van der Waals surface area contributed by atoms with E-state index >= 15 is 0 Å². The molecule has 6 heteroatoms. The summed E-state index contributed by atoms with van der Waals surface area (Å²) in [6.45, 7) is 1.97. The molecule has 0 saturated carbocycles. The first-order valence-corrected chi connectivity index (χ1v) is 10.5. The van der Waals surface area contributed by atoms with Crippen LogP contribution in [0.25, 0.3) is 10.8 Å². The van der Waals surface area contributed by atoms with Gasteiger partial charge in [0.1, 0.15) is 0 Å². The summed E-state index contributed by atoms with van der Waals surface area (Å²) in [7, 11) is 0. The summed E-state index contributed by atoms with van der Waals surface area (Å²) in [5.41, 5.74) is 2.72. The second kappa shape index (κ2) is 7.92. The first kappa shape index (κ1) is 18.8. The predicted molar refractivity (Wildman–Crippen MR) is 118 cm³/mol. The van der Waals surface area contributed by atoms with Gasteiger partial charge in [-0.15, -0.1) is 5.10 Å². The normalized spacial score (nSPS) is 16.3. The first-order valence-electron chi connectivity index (χ1n) is 10.1. The number of nitrogens with zero attached hydrogens (tertiary/aromatic N) is 4. The van der Waals surface area contributed by atoms with Crippen LogP contribution in [0.2, 0.25) is 5.02 Å². The van der Waals surface area contributed by atoms with Crippen LogP contribution in [0.15, 0.2) is 72.9 Å². The van der Waals surface area contributed by atoms with E-state index in [1.165, 1.54) is 16.3 Å². The van der Waals surface area contributed by atoms with Crippen molar-refractivity contribution >= 4 is 28.3 Å². The van der Waals surface area contributed by atoms with E-state index in [-0.39, 0.29) is 5.91 Å². The standard InChI is InChI=1S/C24H21ClN4O/c25-21-9-4-7-18(13-21)19-11-12-28(14-19)24(30)23-16-29(27-26-23)15-20-8-3-6-17-5-1-2-10-22(17)20/h1-10,13,16,19H,11-12,14-15H2. The second-order valence-electron chi connectivity index (χ2n) is 7.73. The highest BCUT2D eigenvalue weighted by Crippen LogP contribution is 2.29. The number of carbonyl (C=O) groups excluding carboxylic acids is 1. The quantitative estimate of drug-likeness (QED) is 0.481. The average Bonchev–Trinajstić information content (AvgIpc) is 3.44. The Hall–Kier alpha value is -3.18. The molecule has 1 saturated heterocycles. The lowest BCUT2D eigenvalue weighted by Crippen LogP contribution is -2.28. The van der Waals surface area contributed by atoms with Gasteiger partial charge in [0.15, 0.2) is 5.69 Å². The van der Waals surface area contributed by atoms with Gasteiger partial charge >= 0.3 is 0 Å². The number of rotatable bonds is 4. The van der Waals surface area contributed by atoms with Gasteiger partial charge in [0.2, 0.25) is 0 Å². The number of hydrogen-bond acceptors (Lipinski definition) is 3. The lowest BCUT2D eigenvalue weighted by molar-refractivity contribution is 0.0785. The van der Waals surface area contributed by atoms with Crippen LogP contribution in [-0.2, 0) is 6.54 Å². The van der Waals surface area contributed by atoms with Crippen molar-refractivity contribution in [3.8, 4) is 0 Å². The zero-order valence-electron chi connectivity index (χ0n) is 16.4. The highest BCUT2D eigenvalue weighted by molar-refractivity contribution is 6.30. The lowest BCUT2D eigenvalue weighted by Gasteiger charge is -2.15. The van der Waals surface area contributed by atoms with Crippen LogP contribution in [0.3, 0.4) is 0 Å². The molecular formula is C24H21ClN4O. The molecule has 0 N–H and O–H groups in total. The topological polar surface area (TPSA) is 51.0 Å². The molecule has 0 bridgehead atoms.